The molecule has 86 valence electrons. The molecule has 16 heavy (non-hydrogen) atoms. The fraction of sp³-hybridized carbons (Fsp3) is 0.545. The zero-order valence-corrected chi connectivity index (χ0v) is 9.14. The molecule has 1 aliphatic rings. The van der Waals surface area contributed by atoms with E-state index >= 15 is 0 Å². The second-order valence-electron chi connectivity index (χ2n) is 4.00. The maximum Gasteiger partial charge on any atom is 0.306 e. The van der Waals surface area contributed by atoms with Crippen molar-refractivity contribution in [3.05, 3.63) is 23.3 Å². The number of nitrogens with zero attached hydrogens (tertiary/aromatic N) is 2. The Labute approximate surface area is 93.5 Å². The fourth-order valence-electron chi connectivity index (χ4n) is 1.63. The van der Waals surface area contributed by atoms with Gasteiger partial charge in [0.25, 0.3) is 0 Å². The Hall–Kier alpha value is -1.49. The lowest BCUT2D eigenvalue weighted by atomic mass is 10.1. The van der Waals surface area contributed by atoms with Gasteiger partial charge < -0.3 is 9.84 Å². The maximum absolute atomic E-state index is 10.7. The van der Waals surface area contributed by atoms with E-state index in [1.807, 2.05) is 0 Å². The predicted molar refractivity (Wildman–Crippen MR) is 55.9 cm³/mol. The molecule has 5 heteroatoms. The van der Waals surface area contributed by atoms with Crippen LogP contribution in [-0.4, -0.2) is 27.7 Å². The highest BCUT2D eigenvalue weighted by atomic mass is 16.5. The first kappa shape index (κ1) is 11.0. The average molecular weight is 222 g/mol. The number of carboxylic acid groups (broad SMARTS) is 1. The summed E-state index contributed by atoms with van der Waals surface area (Å²) in [6, 6.07) is 0. The molecule has 0 fully saturated rings. The molecule has 0 bridgehead atoms. The summed E-state index contributed by atoms with van der Waals surface area (Å²) in [5.74, 6) is -0.695. The van der Waals surface area contributed by atoms with Gasteiger partial charge in [-0.15, -0.1) is 0 Å². The van der Waals surface area contributed by atoms with Crippen LogP contribution in [0.5, 0.6) is 0 Å². The van der Waals surface area contributed by atoms with Crippen LogP contribution in [0.4, 0.5) is 0 Å². The van der Waals surface area contributed by atoms with Crippen LogP contribution in [-0.2, 0) is 29.0 Å². The Morgan fingerprint density at radius 1 is 1.69 bits per heavy atom. The van der Waals surface area contributed by atoms with Crippen molar-refractivity contribution >= 4 is 5.97 Å². The molecule has 1 atom stereocenters. The van der Waals surface area contributed by atoms with Crippen molar-refractivity contribution in [3.63, 3.8) is 0 Å². The molecule has 0 saturated carbocycles. The maximum atomic E-state index is 10.7. The molecule has 0 radical (unpaired) electrons. The molecule has 2 rings (SSSR count). The first-order valence-electron chi connectivity index (χ1n) is 5.31. The topological polar surface area (TPSA) is 72.3 Å². The van der Waals surface area contributed by atoms with Crippen LogP contribution in [0.2, 0.25) is 0 Å². The van der Waals surface area contributed by atoms with Crippen LogP contribution in [0.3, 0.4) is 0 Å². The number of aromatic nitrogens is 2. The Balaban J connectivity index is 2.14. The van der Waals surface area contributed by atoms with Crippen molar-refractivity contribution in [1.29, 1.82) is 0 Å². The minimum Gasteiger partial charge on any atom is -0.481 e. The molecule has 1 aliphatic heterocycles. The predicted octanol–water partition coefficient (Wildman–Crippen LogP) is 0.813. The van der Waals surface area contributed by atoms with E-state index in [1.165, 1.54) is 0 Å². The van der Waals surface area contributed by atoms with Crippen LogP contribution < -0.4 is 0 Å². The number of hydrogen-bond donors (Lipinski definition) is 1. The Morgan fingerprint density at radius 2 is 2.50 bits per heavy atom. The summed E-state index contributed by atoms with van der Waals surface area (Å²) in [4.78, 5) is 19.2. The summed E-state index contributed by atoms with van der Waals surface area (Å²) in [6.45, 7) is 2.87. The Morgan fingerprint density at radius 3 is 3.25 bits per heavy atom. The van der Waals surface area contributed by atoms with Gasteiger partial charge in [0.2, 0.25) is 0 Å². The number of hydrogen-bond acceptors (Lipinski definition) is 4. The molecule has 0 spiro atoms. The van der Waals surface area contributed by atoms with E-state index in [0.29, 0.717) is 25.5 Å². The van der Waals surface area contributed by atoms with Gasteiger partial charge in [-0.2, -0.15) is 0 Å². The van der Waals surface area contributed by atoms with Crippen LogP contribution in [0.25, 0.3) is 0 Å². The van der Waals surface area contributed by atoms with Gasteiger partial charge in [0.15, 0.2) is 0 Å². The molecule has 1 aromatic rings. The molecule has 5 nitrogen and oxygen atoms in total. The van der Waals surface area contributed by atoms with E-state index in [9.17, 15) is 4.79 Å². The zero-order chi connectivity index (χ0) is 11.5. The lowest BCUT2D eigenvalue weighted by Crippen LogP contribution is -2.17. The van der Waals surface area contributed by atoms with Crippen molar-refractivity contribution in [2.75, 3.05) is 6.61 Å². The summed E-state index contributed by atoms with van der Waals surface area (Å²) in [6.07, 6.45) is 2.99. The van der Waals surface area contributed by atoms with Crippen molar-refractivity contribution in [3.8, 4) is 0 Å². The highest BCUT2D eigenvalue weighted by molar-refractivity contribution is 5.69. The second-order valence-corrected chi connectivity index (χ2v) is 4.00. The highest BCUT2D eigenvalue weighted by Crippen LogP contribution is 2.14. The van der Waals surface area contributed by atoms with Gasteiger partial charge in [0, 0.05) is 12.6 Å². The summed E-state index contributed by atoms with van der Waals surface area (Å²) in [7, 11) is 0. The molecule has 0 saturated heterocycles. The van der Waals surface area contributed by atoms with E-state index in [1.54, 1.807) is 13.1 Å². The van der Waals surface area contributed by atoms with E-state index in [2.05, 4.69) is 9.97 Å². The van der Waals surface area contributed by atoms with Crippen LogP contribution in [0.15, 0.2) is 6.20 Å². The molecule has 0 aromatic carbocycles. The van der Waals surface area contributed by atoms with E-state index < -0.39 is 11.9 Å². The Kier molecular flexibility index (Phi) is 3.14. The lowest BCUT2D eigenvalue weighted by Gasteiger charge is -2.15. The van der Waals surface area contributed by atoms with Gasteiger partial charge in [0.05, 0.1) is 24.8 Å². The monoisotopic (exact) mass is 222 g/mol. The van der Waals surface area contributed by atoms with Crippen molar-refractivity contribution in [2.24, 2.45) is 5.92 Å². The van der Waals surface area contributed by atoms with E-state index in [4.69, 9.17) is 9.84 Å². The van der Waals surface area contributed by atoms with Gasteiger partial charge in [-0.05, 0) is 12.0 Å². The van der Waals surface area contributed by atoms with Crippen LogP contribution in [0.1, 0.15) is 24.0 Å². The van der Waals surface area contributed by atoms with E-state index in [0.717, 1.165) is 17.7 Å². The second kappa shape index (κ2) is 4.57. The van der Waals surface area contributed by atoms with E-state index in [-0.39, 0.29) is 0 Å². The van der Waals surface area contributed by atoms with Crippen molar-refractivity contribution in [1.82, 2.24) is 9.97 Å². The molecule has 1 unspecified atom stereocenters. The molecular formula is C11H14N2O3. The summed E-state index contributed by atoms with van der Waals surface area (Å²) in [5, 5.41) is 8.80. The largest absolute Gasteiger partial charge is 0.481 e. The number of carbonyl (C=O) groups is 1. The zero-order valence-electron chi connectivity index (χ0n) is 9.14. The third kappa shape index (κ3) is 2.36. The normalized spacial score (nSPS) is 16.6. The quantitative estimate of drug-likeness (QED) is 0.819. The van der Waals surface area contributed by atoms with Gasteiger partial charge in [-0.3, -0.25) is 4.79 Å². The van der Waals surface area contributed by atoms with Crippen LogP contribution >= 0.6 is 0 Å². The number of carboxylic acids is 1. The van der Waals surface area contributed by atoms with Gasteiger partial charge >= 0.3 is 5.97 Å². The number of rotatable bonds is 3. The van der Waals surface area contributed by atoms with Gasteiger partial charge in [-0.1, -0.05) is 6.92 Å². The average Bonchev–Trinajstić information content (AvgIpc) is 2.28. The molecule has 1 aromatic heterocycles. The number of aliphatic carboxylic acids is 1. The van der Waals surface area contributed by atoms with Crippen molar-refractivity contribution < 1.29 is 14.6 Å². The minimum atomic E-state index is -0.822. The highest BCUT2D eigenvalue weighted by Gasteiger charge is 2.16. The summed E-state index contributed by atoms with van der Waals surface area (Å²) >= 11 is 0. The molecule has 1 N–H and O–H groups in total. The summed E-state index contributed by atoms with van der Waals surface area (Å²) in [5.41, 5.74) is 2.01. The minimum absolute atomic E-state index is 0.364. The third-order valence-electron chi connectivity index (χ3n) is 2.67. The SMILES string of the molecule is CC(Cc1ncc2c(n1)COCC2)C(=O)O. The van der Waals surface area contributed by atoms with Gasteiger partial charge in [-0.25, -0.2) is 9.97 Å². The lowest BCUT2D eigenvalue weighted by molar-refractivity contribution is -0.141. The van der Waals surface area contributed by atoms with Crippen molar-refractivity contribution in [2.45, 2.75) is 26.4 Å². The molecule has 0 aliphatic carbocycles. The number of fused-ring (bicyclic) bond motifs is 1. The molecule has 0 amide bonds. The Bertz CT molecular complexity index is 406. The smallest absolute Gasteiger partial charge is 0.306 e. The standard InChI is InChI=1S/C11H14N2O3/c1-7(11(14)15)4-10-12-5-8-2-3-16-6-9(8)13-10/h5,7H,2-4,6H2,1H3,(H,14,15). The van der Waals surface area contributed by atoms with Gasteiger partial charge in [0.1, 0.15) is 5.82 Å². The fourth-order valence-corrected chi connectivity index (χ4v) is 1.63. The third-order valence-corrected chi connectivity index (χ3v) is 2.67. The first-order chi connectivity index (χ1) is 7.66. The summed E-state index contributed by atoms with van der Waals surface area (Å²) < 4.78 is 5.30. The molecule has 2 heterocycles. The molecular weight excluding hydrogens is 208 g/mol. The first-order valence-corrected chi connectivity index (χ1v) is 5.31. The van der Waals surface area contributed by atoms with Crippen LogP contribution in [0, 0.1) is 5.92 Å². The number of ether oxygens (including phenoxy) is 1.